The maximum absolute atomic E-state index is 13.9. The zero-order valence-corrected chi connectivity index (χ0v) is 15.3. The molecule has 0 saturated carbocycles. The van der Waals surface area contributed by atoms with Crippen LogP contribution in [0.15, 0.2) is 42.5 Å². The lowest BCUT2D eigenvalue weighted by molar-refractivity contribution is -0.135. The Kier molecular flexibility index (Phi) is 5.54. The van der Waals surface area contributed by atoms with Crippen molar-refractivity contribution < 1.29 is 18.4 Å². The first-order valence-corrected chi connectivity index (χ1v) is 8.99. The lowest BCUT2D eigenvalue weighted by Crippen LogP contribution is -2.52. The number of amides is 2. The maximum atomic E-state index is 13.9. The topological polar surface area (TPSA) is 49.4 Å². The van der Waals surface area contributed by atoms with E-state index < -0.39 is 29.1 Å². The van der Waals surface area contributed by atoms with Gasteiger partial charge in [0.25, 0.3) is 5.91 Å². The van der Waals surface area contributed by atoms with Gasteiger partial charge in [-0.15, -0.1) is 0 Å². The summed E-state index contributed by atoms with van der Waals surface area (Å²) in [7, 11) is 0. The highest BCUT2D eigenvalue weighted by atomic mass is 19.1. The molecule has 0 aliphatic carbocycles. The van der Waals surface area contributed by atoms with Gasteiger partial charge in [-0.25, -0.2) is 8.78 Å². The Morgan fingerprint density at radius 1 is 1.00 bits per heavy atom. The van der Waals surface area contributed by atoms with Gasteiger partial charge in [-0.1, -0.05) is 44.2 Å². The highest BCUT2D eigenvalue weighted by Crippen LogP contribution is 2.21. The zero-order valence-electron chi connectivity index (χ0n) is 15.3. The number of carbonyl (C=O) groups is 2. The molecule has 1 aliphatic rings. The van der Waals surface area contributed by atoms with E-state index in [-0.39, 0.29) is 11.8 Å². The van der Waals surface area contributed by atoms with Crippen molar-refractivity contribution in [3.05, 3.63) is 70.8 Å². The van der Waals surface area contributed by atoms with E-state index in [0.717, 1.165) is 24.1 Å². The fraction of sp³-hybridized carbons (Fsp3) is 0.333. The summed E-state index contributed by atoms with van der Waals surface area (Å²) in [6, 6.07) is 10.3. The van der Waals surface area contributed by atoms with Gasteiger partial charge < -0.3 is 10.2 Å². The third kappa shape index (κ3) is 3.99. The van der Waals surface area contributed by atoms with Crippen LogP contribution in [0.25, 0.3) is 0 Å². The summed E-state index contributed by atoms with van der Waals surface area (Å²) in [6.45, 7) is 4.59. The van der Waals surface area contributed by atoms with E-state index in [4.69, 9.17) is 0 Å². The van der Waals surface area contributed by atoms with Crippen LogP contribution in [0.4, 0.5) is 8.78 Å². The number of fused-ring (bicyclic) bond motifs is 1. The van der Waals surface area contributed by atoms with E-state index in [2.05, 4.69) is 5.32 Å². The predicted octanol–water partition coefficient (Wildman–Crippen LogP) is 3.30. The van der Waals surface area contributed by atoms with Crippen molar-refractivity contribution >= 4 is 11.8 Å². The van der Waals surface area contributed by atoms with E-state index in [1.165, 1.54) is 11.6 Å². The molecule has 27 heavy (non-hydrogen) atoms. The molecule has 0 bridgehead atoms. The first-order valence-electron chi connectivity index (χ1n) is 8.99. The summed E-state index contributed by atoms with van der Waals surface area (Å²) in [5.41, 5.74) is 1.62. The standard InChI is InChI=1S/C21H22F2N2O2/c1-13(2)19(24-20(26)18-16(22)8-5-9-17(18)23)21(27)25-11-10-14-6-3-4-7-15(14)12-25/h3-9,13,19H,10-12H2,1-2H3,(H,24,26)/t19-/m1/s1. The van der Waals surface area contributed by atoms with Gasteiger partial charge >= 0.3 is 0 Å². The van der Waals surface area contributed by atoms with E-state index in [1.54, 1.807) is 18.7 Å². The Balaban J connectivity index is 1.78. The first kappa shape index (κ1) is 19.0. The fourth-order valence-electron chi connectivity index (χ4n) is 3.32. The van der Waals surface area contributed by atoms with Gasteiger partial charge in [0, 0.05) is 13.1 Å². The van der Waals surface area contributed by atoms with Crippen LogP contribution in [0.3, 0.4) is 0 Å². The van der Waals surface area contributed by atoms with E-state index in [0.29, 0.717) is 13.1 Å². The Labute approximate surface area is 157 Å². The van der Waals surface area contributed by atoms with Crippen molar-refractivity contribution in [2.24, 2.45) is 5.92 Å². The summed E-state index contributed by atoms with van der Waals surface area (Å²) in [6.07, 6.45) is 0.739. The van der Waals surface area contributed by atoms with Gasteiger partial charge in [0.15, 0.2) is 0 Å². The SMILES string of the molecule is CC(C)[C@@H](NC(=O)c1c(F)cccc1F)C(=O)N1CCc2ccccc2C1. The third-order valence-electron chi connectivity index (χ3n) is 4.85. The molecule has 0 radical (unpaired) electrons. The number of hydrogen-bond donors (Lipinski definition) is 1. The second-order valence-electron chi connectivity index (χ2n) is 7.07. The molecule has 1 heterocycles. The molecule has 4 nitrogen and oxygen atoms in total. The second kappa shape index (κ2) is 7.86. The number of nitrogens with zero attached hydrogens (tertiary/aromatic N) is 1. The number of benzene rings is 2. The van der Waals surface area contributed by atoms with Gasteiger partial charge in [0.05, 0.1) is 0 Å². The number of carbonyl (C=O) groups excluding carboxylic acids is 2. The number of halogens is 2. The lowest BCUT2D eigenvalue weighted by Gasteiger charge is -2.33. The third-order valence-corrected chi connectivity index (χ3v) is 4.85. The summed E-state index contributed by atoms with van der Waals surface area (Å²) >= 11 is 0. The highest BCUT2D eigenvalue weighted by Gasteiger charge is 2.32. The average molecular weight is 372 g/mol. The van der Waals surface area contributed by atoms with Gasteiger partial charge in [-0.2, -0.15) is 0 Å². The van der Waals surface area contributed by atoms with Crippen molar-refractivity contribution in [3.8, 4) is 0 Å². The molecule has 3 rings (SSSR count). The van der Waals surface area contributed by atoms with Crippen LogP contribution in [-0.2, 0) is 17.8 Å². The number of nitrogens with one attached hydrogen (secondary N) is 1. The monoisotopic (exact) mass is 372 g/mol. The minimum absolute atomic E-state index is 0.228. The van der Waals surface area contributed by atoms with Crippen LogP contribution in [0, 0.1) is 17.6 Å². The summed E-state index contributed by atoms with van der Waals surface area (Å²) in [5.74, 6) is -3.29. The van der Waals surface area contributed by atoms with Gasteiger partial charge in [0.2, 0.25) is 5.91 Å². The molecular weight excluding hydrogens is 350 g/mol. The molecule has 6 heteroatoms. The maximum Gasteiger partial charge on any atom is 0.257 e. The molecule has 0 spiro atoms. The molecule has 142 valence electrons. The smallest absolute Gasteiger partial charge is 0.257 e. The fourth-order valence-corrected chi connectivity index (χ4v) is 3.32. The van der Waals surface area contributed by atoms with Crippen LogP contribution in [0.2, 0.25) is 0 Å². The van der Waals surface area contributed by atoms with Crippen molar-refractivity contribution in [3.63, 3.8) is 0 Å². The molecule has 1 N–H and O–H groups in total. The highest BCUT2D eigenvalue weighted by molar-refractivity contribution is 5.98. The van der Waals surface area contributed by atoms with Crippen molar-refractivity contribution in [2.45, 2.75) is 32.9 Å². The van der Waals surface area contributed by atoms with Crippen LogP contribution in [0.1, 0.15) is 35.3 Å². The van der Waals surface area contributed by atoms with Crippen LogP contribution < -0.4 is 5.32 Å². The van der Waals surface area contributed by atoms with Crippen molar-refractivity contribution in [2.75, 3.05) is 6.54 Å². The molecule has 1 atom stereocenters. The van der Waals surface area contributed by atoms with Gasteiger partial charge in [-0.05, 0) is 35.6 Å². The summed E-state index contributed by atoms with van der Waals surface area (Å²) < 4.78 is 27.8. The predicted molar refractivity (Wildman–Crippen MR) is 98.0 cm³/mol. The largest absolute Gasteiger partial charge is 0.340 e. The molecule has 2 aromatic rings. The van der Waals surface area contributed by atoms with Crippen molar-refractivity contribution in [1.29, 1.82) is 0 Å². The van der Waals surface area contributed by atoms with E-state index in [1.807, 2.05) is 24.3 Å². The van der Waals surface area contributed by atoms with E-state index in [9.17, 15) is 18.4 Å². The molecule has 1 aliphatic heterocycles. The van der Waals surface area contributed by atoms with Gasteiger partial charge in [-0.3, -0.25) is 9.59 Å². The molecule has 0 fully saturated rings. The molecule has 0 saturated heterocycles. The molecule has 0 unspecified atom stereocenters. The van der Waals surface area contributed by atoms with Crippen LogP contribution >= 0.6 is 0 Å². The summed E-state index contributed by atoms with van der Waals surface area (Å²) in [4.78, 5) is 27.1. The first-order chi connectivity index (χ1) is 12.9. The Bertz CT molecular complexity index is 847. The minimum Gasteiger partial charge on any atom is -0.340 e. The lowest BCUT2D eigenvalue weighted by atomic mass is 9.97. The van der Waals surface area contributed by atoms with E-state index >= 15 is 0 Å². The molecule has 2 aromatic carbocycles. The quantitative estimate of drug-likeness (QED) is 0.895. The van der Waals surface area contributed by atoms with Crippen LogP contribution in [0.5, 0.6) is 0 Å². The zero-order chi connectivity index (χ0) is 19.6. The Morgan fingerprint density at radius 3 is 2.26 bits per heavy atom. The number of rotatable bonds is 4. The van der Waals surface area contributed by atoms with Crippen LogP contribution in [-0.4, -0.2) is 29.3 Å². The normalized spacial score (nSPS) is 14.6. The Hall–Kier alpha value is -2.76. The van der Waals surface area contributed by atoms with Crippen molar-refractivity contribution in [1.82, 2.24) is 10.2 Å². The summed E-state index contributed by atoms with van der Waals surface area (Å²) in [5, 5.41) is 2.53. The molecule has 0 aromatic heterocycles. The Morgan fingerprint density at radius 2 is 1.63 bits per heavy atom. The second-order valence-corrected chi connectivity index (χ2v) is 7.07. The number of hydrogen-bond acceptors (Lipinski definition) is 2. The average Bonchev–Trinajstić information content (AvgIpc) is 2.64. The molecule has 2 amide bonds. The minimum atomic E-state index is -0.950. The molecular formula is C21H22F2N2O2. The van der Waals surface area contributed by atoms with Gasteiger partial charge in [0.1, 0.15) is 23.2 Å².